The smallest absolute Gasteiger partial charge is 0.329 e. The minimum absolute atomic E-state index is 0.632. The molecular weight excluding hydrogens is 256 g/mol. The molecule has 1 aliphatic rings. The number of piperidine rings is 1. The summed E-state index contributed by atoms with van der Waals surface area (Å²) in [5.74, 6) is -0.125. The van der Waals surface area contributed by atoms with Crippen molar-refractivity contribution in [3.8, 4) is 0 Å². The van der Waals surface area contributed by atoms with Crippen molar-refractivity contribution in [2.75, 3.05) is 11.4 Å². The number of hydrogen-bond donors (Lipinski definition) is 1. The molecule has 1 fully saturated rings. The number of hydrogen-bond acceptors (Lipinski definition) is 4. The average molecular weight is 274 g/mol. The third-order valence-corrected chi connectivity index (χ3v) is 4.23. The fraction of sp³-hybridized carbons (Fsp3) is 0.500. The van der Waals surface area contributed by atoms with E-state index in [1.807, 2.05) is 22.6 Å². The standard InChI is InChI=1S/C14H18N4O2/c1-14(13(19)20)6-3-4-8-18(14)12-11-10(5-7-15-12)17(2)9-16-11/h5,7,9H,3-4,6,8H2,1-2H3,(H,19,20). The Morgan fingerprint density at radius 3 is 2.95 bits per heavy atom. The molecule has 1 atom stereocenters. The fourth-order valence-corrected chi connectivity index (χ4v) is 2.93. The van der Waals surface area contributed by atoms with Crippen molar-refractivity contribution in [3.05, 3.63) is 18.6 Å². The lowest BCUT2D eigenvalue weighted by Crippen LogP contribution is -2.55. The van der Waals surface area contributed by atoms with Gasteiger partial charge in [-0.3, -0.25) is 0 Å². The number of carboxylic acid groups (broad SMARTS) is 1. The monoisotopic (exact) mass is 274 g/mol. The molecule has 0 radical (unpaired) electrons. The Morgan fingerprint density at radius 2 is 2.20 bits per heavy atom. The second-order valence-electron chi connectivity index (χ2n) is 5.55. The number of nitrogens with zero attached hydrogens (tertiary/aromatic N) is 4. The van der Waals surface area contributed by atoms with Crippen LogP contribution in [0.5, 0.6) is 0 Å². The van der Waals surface area contributed by atoms with Gasteiger partial charge in [-0.2, -0.15) is 0 Å². The van der Waals surface area contributed by atoms with Crippen molar-refractivity contribution in [1.29, 1.82) is 0 Å². The van der Waals surface area contributed by atoms with Crippen molar-refractivity contribution < 1.29 is 9.90 Å². The van der Waals surface area contributed by atoms with E-state index < -0.39 is 11.5 Å². The Morgan fingerprint density at radius 1 is 1.40 bits per heavy atom. The Hall–Kier alpha value is -2.11. The molecule has 106 valence electrons. The Kier molecular flexibility index (Phi) is 2.88. The topological polar surface area (TPSA) is 71.2 Å². The number of imidazole rings is 1. The molecule has 0 aromatic carbocycles. The molecule has 2 aromatic rings. The summed E-state index contributed by atoms with van der Waals surface area (Å²) in [5, 5.41) is 9.61. The first-order valence-corrected chi connectivity index (χ1v) is 6.81. The second kappa shape index (κ2) is 4.47. The van der Waals surface area contributed by atoms with Crippen LogP contribution in [0.1, 0.15) is 26.2 Å². The molecule has 0 aliphatic carbocycles. The summed E-state index contributed by atoms with van der Waals surface area (Å²) >= 11 is 0. The van der Waals surface area contributed by atoms with Crippen LogP contribution in [0.4, 0.5) is 5.82 Å². The zero-order chi connectivity index (χ0) is 14.3. The van der Waals surface area contributed by atoms with Crippen LogP contribution >= 0.6 is 0 Å². The molecule has 1 N–H and O–H groups in total. The van der Waals surface area contributed by atoms with Crippen LogP contribution in [0.2, 0.25) is 0 Å². The Labute approximate surface area is 117 Å². The number of aromatic nitrogens is 3. The largest absolute Gasteiger partial charge is 0.480 e. The first-order chi connectivity index (χ1) is 9.54. The Balaban J connectivity index is 2.15. The van der Waals surface area contributed by atoms with Crippen LogP contribution in [-0.2, 0) is 11.8 Å². The maximum absolute atomic E-state index is 11.7. The van der Waals surface area contributed by atoms with Gasteiger partial charge in [0.1, 0.15) is 11.1 Å². The summed E-state index contributed by atoms with van der Waals surface area (Å²) < 4.78 is 1.92. The number of aryl methyl sites for hydroxylation is 1. The summed E-state index contributed by atoms with van der Waals surface area (Å²) in [6, 6.07) is 1.90. The van der Waals surface area contributed by atoms with E-state index in [9.17, 15) is 9.90 Å². The van der Waals surface area contributed by atoms with Crippen LogP contribution in [0.15, 0.2) is 18.6 Å². The van der Waals surface area contributed by atoms with Gasteiger partial charge in [0.15, 0.2) is 5.82 Å². The number of carbonyl (C=O) groups is 1. The summed E-state index contributed by atoms with van der Waals surface area (Å²) in [5.41, 5.74) is 0.828. The maximum atomic E-state index is 11.7. The van der Waals surface area contributed by atoms with E-state index >= 15 is 0 Å². The predicted octanol–water partition coefficient (Wildman–Crippen LogP) is 1.80. The van der Waals surface area contributed by atoms with E-state index in [0.29, 0.717) is 18.8 Å². The maximum Gasteiger partial charge on any atom is 0.329 e. The molecule has 6 nitrogen and oxygen atoms in total. The molecule has 0 saturated carbocycles. The SMILES string of the molecule is Cn1cnc2c(N3CCCCC3(C)C(=O)O)nccc21. The van der Waals surface area contributed by atoms with E-state index in [1.54, 1.807) is 19.4 Å². The summed E-state index contributed by atoms with van der Waals surface area (Å²) in [4.78, 5) is 22.4. The number of carboxylic acids is 1. The molecule has 0 bridgehead atoms. The molecule has 2 aromatic heterocycles. The van der Waals surface area contributed by atoms with Crippen LogP contribution in [0, 0.1) is 0 Å². The van der Waals surface area contributed by atoms with E-state index in [1.165, 1.54) is 0 Å². The minimum Gasteiger partial charge on any atom is -0.480 e. The summed E-state index contributed by atoms with van der Waals surface area (Å²) in [7, 11) is 1.92. The van der Waals surface area contributed by atoms with Gasteiger partial charge in [0, 0.05) is 19.8 Å². The van der Waals surface area contributed by atoms with Gasteiger partial charge in [0.25, 0.3) is 0 Å². The van der Waals surface area contributed by atoms with Gasteiger partial charge >= 0.3 is 5.97 Å². The van der Waals surface area contributed by atoms with Gasteiger partial charge in [0.2, 0.25) is 0 Å². The Bertz CT molecular complexity index is 666. The summed E-state index contributed by atoms with van der Waals surface area (Å²) in [6.07, 6.45) is 5.99. The van der Waals surface area contributed by atoms with E-state index in [-0.39, 0.29) is 0 Å². The third-order valence-electron chi connectivity index (χ3n) is 4.23. The highest BCUT2D eigenvalue weighted by molar-refractivity contribution is 5.91. The zero-order valence-electron chi connectivity index (χ0n) is 11.7. The number of fused-ring (bicyclic) bond motifs is 1. The van der Waals surface area contributed by atoms with Gasteiger partial charge < -0.3 is 14.6 Å². The fourth-order valence-electron chi connectivity index (χ4n) is 2.93. The molecule has 20 heavy (non-hydrogen) atoms. The third kappa shape index (κ3) is 1.75. The van der Waals surface area contributed by atoms with E-state index in [4.69, 9.17) is 0 Å². The molecule has 6 heteroatoms. The number of pyridine rings is 1. The lowest BCUT2D eigenvalue weighted by molar-refractivity contribution is -0.143. The van der Waals surface area contributed by atoms with Gasteiger partial charge in [-0.05, 0) is 32.3 Å². The molecule has 0 amide bonds. The van der Waals surface area contributed by atoms with Crippen molar-refractivity contribution in [1.82, 2.24) is 14.5 Å². The second-order valence-corrected chi connectivity index (χ2v) is 5.55. The summed E-state index contributed by atoms with van der Waals surface area (Å²) in [6.45, 7) is 2.48. The molecular formula is C14H18N4O2. The van der Waals surface area contributed by atoms with Gasteiger partial charge in [-0.15, -0.1) is 0 Å². The van der Waals surface area contributed by atoms with E-state index in [2.05, 4.69) is 9.97 Å². The first kappa shape index (κ1) is 12.9. The molecule has 3 heterocycles. The molecule has 1 saturated heterocycles. The van der Waals surface area contributed by atoms with Crippen LogP contribution in [0.25, 0.3) is 11.0 Å². The van der Waals surface area contributed by atoms with Gasteiger partial charge in [0.05, 0.1) is 11.8 Å². The minimum atomic E-state index is -0.906. The zero-order valence-corrected chi connectivity index (χ0v) is 11.7. The van der Waals surface area contributed by atoms with Crippen molar-refractivity contribution in [2.45, 2.75) is 31.7 Å². The molecule has 0 spiro atoms. The van der Waals surface area contributed by atoms with Crippen LogP contribution in [-0.4, -0.2) is 37.7 Å². The number of anilines is 1. The lowest BCUT2D eigenvalue weighted by Gasteiger charge is -2.42. The van der Waals surface area contributed by atoms with Crippen molar-refractivity contribution >= 4 is 22.8 Å². The first-order valence-electron chi connectivity index (χ1n) is 6.81. The van der Waals surface area contributed by atoms with Crippen molar-refractivity contribution in [2.24, 2.45) is 7.05 Å². The molecule has 1 aliphatic heterocycles. The van der Waals surface area contributed by atoms with Crippen LogP contribution < -0.4 is 4.90 Å². The molecule has 1 unspecified atom stereocenters. The number of aliphatic carboxylic acids is 1. The van der Waals surface area contributed by atoms with Gasteiger partial charge in [-0.25, -0.2) is 14.8 Å². The normalized spacial score (nSPS) is 23.2. The quantitative estimate of drug-likeness (QED) is 0.904. The number of rotatable bonds is 2. The van der Waals surface area contributed by atoms with Crippen LogP contribution in [0.3, 0.4) is 0 Å². The molecule has 3 rings (SSSR count). The average Bonchev–Trinajstić information content (AvgIpc) is 2.81. The highest BCUT2D eigenvalue weighted by Gasteiger charge is 2.42. The highest BCUT2D eigenvalue weighted by Crippen LogP contribution is 2.35. The lowest BCUT2D eigenvalue weighted by atomic mass is 9.88. The highest BCUT2D eigenvalue weighted by atomic mass is 16.4. The predicted molar refractivity (Wildman–Crippen MR) is 75.7 cm³/mol. The van der Waals surface area contributed by atoms with E-state index in [0.717, 1.165) is 23.9 Å². The van der Waals surface area contributed by atoms with Gasteiger partial charge in [-0.1, -0.05) is 0 Å². The van der Waals surface area contributed by atoms with Crippen molar-refractivity contribution in [3.63, 3.8) is 0 Å².